The first-order valence-electron chi connectivity index (χ1n) is 6.35. The summed E-state index contributed by atoms with van der Waals surface area (Å²) in [4.78, 5) is 1.95. The molecule has 0 N–H and O–H groups in total. The van der Waals surface area contributed by atoms with Gasteiger partial charge in [0.25, 0.3) is 0 Å². The molecule has 2 rings (SSSR count). The molecule has 3 unspecified atom stereocenters. The maximum Gasteiger partial charge on any atom is 0.204 e. The van der Waals surface area contributed by atoms with E-state index in [-0.39, 0.29) is 10.1 Å². The van der Waals surface area contributed by atoms with Crippen molar-refractivity contribution in [2.75, 3.05) is 0 Å². The van der Waals surface area contributed by atoms with Gasteiger partial charge in [-0.05, 0) is 27.7 Å². The molecule has 18 heavy (non-hydrogen) atoms. The van der Waals surface area contributed by atoms with Crippen LogP contribution in [0.15, 0.2) is 0 Å². The molecule has 0 saturated carbocycles. The molecule has 3 atom stereocenters. The summed E-state index contributed by atoms with van der Waals surface area (Å²) in [5.74, 6) is -1.17. The molecule has 5 heteroatoms. The van der Waals surface area contributed by atoms with Gasteiger partial charge < -0.3 is 0 Å². The highest BCUT2D eigenvalue weighted by Crippen LogP contribution is 2.48. The first-order chi connectivity index (χ1) is 8.19. The van der Waals surface area contributed by atoms with Crippen molar-refractivity contribution in [1.82, 2.24) is 14.7 Å². The van der Waals surface area contributed by atoms with Crippen LogP contribution in [0.1, 0.15) is 50.6 Å². The van der Waals surface area contributed by atoms with Gasteiger partial charge in [-0.25, -0.2) is 4.39 Å². The maximum atomic E-state index is 15.3. The molecule has 1 aromatic rings. The normalized spacial score (nSPS) is 32.9. The first kappa shape index (κ1) is 14.2. The Labute approximate surface area is 122 Å². The van der Waals surface area contributed by atoms with Gasteiger partial charge in [0.1, 0.15) is 0 Å². The zero-order valence-electron chi connectivity index (χ0n) is 11.8. The second kappa shape index (κ2) is 4.44. The number of rotatable bonds is 1. The minimum Gasteiger partial charge on any atom is -0.267 e. The van der Waals surface area contributed by atoms with Crippen molar-refractivity contribution in [2.24, 2.45) is 7.05 Å². The standard InChI is InChI=1S/C13H21FIN3/c1-7(2)18-12(15)8(3)10-9(4)16-17(6)11(10)13(18,5)14/h7-8,12H,1-6H3. The van der Waals surface area contributed by atoms with Crippen LogP contribution in [0.4, 0.5) is 4.39 Å². The van der Waals surface area contributed by atoms with Crippen molar-refractivity contribution in [2.45, 2.75) is 56.4 Å². The lowest BCUT2D eigenvalue weighted by Gasteiger charge is -2.47. The topological polar surface area (TPSA) is 21.1 Å². The largest absolute Gasteiger partial charge is 0.267 e. The summed E-state index contributed by atoms with van der Waals surface area (Å²) in [5, 5.41) is 4.41. The van der Waals surface area contributed by atoms with Crippen molar-refractivity contribution >= 4 is 22.6 Å². The Hall–Kier alpha value is -0.170. The van der Waals surface area contributed by atoms with E-state index in [2.05, 4.69) is 34.6 Å². The van der Waals surface area contributed by atoms with Crippen molar-refractivity contribution in [3.63, 3.8) is 0 Å². The van der Waals surface area contributed by atoms with Crippen LogP contribution in [-0.4, -0.2) is 24.8 Å². The quantitative estimate of drug-likeness (QED) is 0.432. The minimum atomic E-state index is -1.46. The first-order valence-corrected chi connectivity index (χ1v) is 7.59. The maximum absolute atomic E-state index is 15.3. The van der Waals surface area contributed by atoms with Crippen LogP contribution < -0.4 is 0 Å². The van der Waals surface area contributed by atoms with Crippen LogP contribution in [0.25, 0.3) is 0 Å². The van der Waals surface area contributed by atoms with Gasteiger partial charge in [0.15, 0.2) is 0 Å². The van der Waals surface area contributed by atoms with Crippen LogP contribution in [0, 0.1) is 6.92 Å². The molecule has 2 heterocycles. The van der Waals surface area contributed by atoms with Crippen molar-refractivity contribution in [3.05, 3.63) is 17.0 Å². The van der Waals surface area contributed by atoms with Crippen molar-refractivity contribution in [1.29, 1.82) is 0 Å². The van der Waals surface area contributed by atoms with Gasteiger partial charge >= 0.3 is 0 Å². The summed E-state index contributed by atoms with van der Waals surface area (Å²) in [7, 11) is 1.84. The van der Waals surface area contributed by atoms with E-state index in [1.165, 1.54) is 0 Å². The van der Waals surface area contributed by atoms with E-state index in [9.17, 15) is 0 Å². The van der Waals surface area contributed by atoms with Gasteiger partial charge in [0.2, 0.25) is 5.79 Å². The molecular formula is C13H21FIN3. The van der Waals surface area contributed by atoms with Gasteiger partial charge in [-0.15, -0.1) is 0 Å². The van der Waals surface area contributed by atoms with Crippen LogP contribution in [0.3, 0.4) is 0 Å². The molecule has 0 bridgehead atoms. The average Bonchev–Trinajstić information content (AvgIpc) is 2.50. The van der Waals surface area contributed by atoms with E-state index in [0.717, 1.165) is 11.3 Å². The van der Waals surface area contributed by atoms with Gasteiger partial charge in [-0.2, -0.15) is 5.10 Å². The fourth-order valence-electron chi connectivity index (χ4n) is 3.26. The van der Waals surface area contributed by atoms with E-state index in [1.807, 2.05) is 32.7 Å². The zero-order chi connectivity index (χ0) is 13.8. The lowest BCUT2D eigenvalue weighted by atomic mass is 9.88. The number of aromatic nitrogens is 2. The summed E-state index contributed by atoms with van der Waals surface area (Å²) in [6.07, 6.45) is 0. The Morgan fingerprint density at radius 1 is 1.44 bits per heavy atom. The van der Waals surface area contributed by atoms with Crippen LogP contribution in [0.2, 0.25) is 0 Å². The average molecular weight is 365 g/mol. The number of aryl methyl sites for hydroxylation is 2. The highest BCUT2D eigenvalue weighted by Gasteiger charge is 2.50. The van der Waals surface area contributed by atoms with Gasteiger partial charge in [-0.3, -0.25) is 9.58 Å². The summed E-state index contributed by atoms with van der Waals surface area (Å²) in [6, 6.07) is 0.160. The lowest BCUT2D eigenvalue weighted by molar-refractivity contribution is -0.0705. The van der Waals surface area contributed by atoms with E-state index in [0.29, 0.717) is 11.6 Å². The Bertz CT molecular complexity index is 467. The Kier molecular flexibility index (Phi) is 3.51. The molecule has 0 radical (unpaired) electrons. The second-order valence-corrected chi connectivity index (χ2v) is 6.86. The number of nitrogens with zero attached hydrogens (tertiary/aromatic N) is 3. The highest BCUT2D eigenvalue weighted by atomic mass is 127. The summed E-state index contributed by atoms with van der Waals surface area (Å²) in [6.45, 7) is 9.88. The Morgan fingerprint density at radius 2 is 2.00 bits per heavy atom. The van der Waals surface area contributed by atoms with E-state index < -0.39 is 5.79 Å². The number of halogens is 2. The number of hydrogen-bond donors (Lipinski definition) is 0. The van der Waals surface area contributed by atoms with E-state index in [4.69, 9.17) is 0 Å². The smallest absolute Gasteiger partial charge is 0.204 e. The highest BCUT2D eigenvalue weighted by molar-refractivity contribution is 14.1. The predicted molar refractivity (Wildman–Crippen MR) is 79.6 cm³/mol. The zero-order valence-corrected chi connectivity index (χ0v) is 14.0. The molecule has 1 aliphatic heterocycles. The number of hydrogen-bond acceptors (Lipinski definition) is 2. The monoisotopic (exact) mass is 365 g/mol. The van der Waals surface area contributed by atoms with Gasteiger partial charge in [0.05, 0.1) is 15.4 Å². The van der Waals surface area contributed by atoms with E-state index in [1.54, 1.807) is 11.6 Å². The molecule has 1 aromatic heterocycles. The molecule has 102 valence electrons. The van der Waals surface area contributed by atoms with Crippen molar-refractivity contribution in [3.8, 4) is 0 Å². The fourth-order valence-corrected chi connectivity index (χ4v) is 4.79. The SMILES string of the molecule is Cc1nn(C)c2c1C(C)C(I)N(C(C)C)C2(C)F. The third-order valence-electron chi connectivity index (χ3n) is 3.88. The Balaban J connectivity index is 2.68. The molecule has 0 saturated heterocycles. The molecule has 0 amide bonds. The third kappa shape index (κ3) is 1.81. The summed E-state index contributed by atoms with van der Waals surface area (Å²) >= 11 is 2.36. The summed E-state index contributed by atoms with van der Waals surface area (Å²) < 4.78 is 17.2. The van der Waals surface area contributed by atoms with Crippen LogP contribution >= 0.6 is 22.6 Å². The Morgan fingerprint density at radius 3 is 2.50 bits per heavy atom. The van der Waals surface area contributed by atoms with Gasteiger partial charge in [0, 0.05) is 24.6 Å². The molecular weight excluding hydrogens is 344 g/mol. The predicted octanol–water partition coefficient (Wildman–Crippen LogP) is 3.46. The second-order valence-electron chi connectivity index (χ2n) is 5.59. The molecule has 1 aliphatic rings. The van der Waals surface area contributed by atoms with Crippen LogP contribution in [0.5, 0.6) is 0 Å². The van der Waals surface area contributed by atoms with Crippen LogP contribution in [-0.2, 0) is 12.8 Å². The molecule has 0 aliphatic carbocycles. The third-order valence-corrected chi connectivity index (χ3v) is 5.55. The number of alkyl halides is 2. The molecule has 0 spiro atoms. The minimum absolute atomic E-state index is 0.146. The molecule has 0 aromatic carbocycles. The van der Waals surface area contributed by atoms with Crippen molar-refractivity contribution < 1.29 is 4.39 Å². The van der Waals surface area contributed by atoms with E-state index >= 15 is 4.39 Å². The number of fused-ring (bicyclic) bond motifs is 1. The lowest BCUT2D eigenvalue weighted by Crippen LogP contribution is -2.54. The molecule has 0 fully saturated rings. The summed E-state index contributed by atoms with van der Waals surface area (Å²) in [5.41, 5.74) is 2.75. The molecule has 3 nitrogen and oxygen atoms in total. The fraction of sp³-hybridized carbons (Fsp3) is 0.769. The van der Waals surface area contributed by atoms with Gasteiger partial charge in [-0.1, -0.05) is 29.5 Å².